The fourth-order valence-corrected chi connectivity index (χ4v) is 1.91. The Morgan fingerprint density at radius 2 is 2.22 bits per heavy atom. The van der Waals surface area contributed by atoms with E-state index >= 15 is 0 Å². The molecule has 0 amide bonds. The maximum atomic E-state index is 11.5. The highest BCUT2D eigenvalue weighted by atomic mass is 16.5. The van der Waals surface area contributed by atoms with Crippen LogP contribution in [0.3, 0.4) is 0 Å². The number of aromatic nitrogens is 1. The van der Waals surface area contributed by atoms with Gasteiger partial charge in [-0.25, -0.2) is 4.98 Å². The van der Waals surface area contributed by atoms with Crippen LogP contribution < -0.4 is 10.5 Å². The topological polar surface area (TPSA) is 85.4 Å². The summed E-state index contributed by atoms with van der Waals surface area (Å²) in [4.78, 5) is 15.8. The summed E-state index contributed by atoms with van der Waals surface area (Å²) in [6.07, 6.45) is 0.299. The predicted molar refractivity (Wildman–Crippen MR) is 68.5 cm³/mol. The first kappa shape index (κ1) is 14.4. The molecule has 0 fully saturated rings. The minimum Gasteiger partial charge on any atom is -0.481 e. The fourth-order valence-electron chi connectivity index (χ4n) is 1.91. The third kappa shape index (κ3) is 2.79. The molecular weight excluding hydrogens is 232 g/mol. The lowest BCUT2D eigenvalue weighted by atomic mass is 9.73. The van der Waals surface area contributed by atoms with Crippen LogP contribution in [-0.4, -0.2) is 29.7 Å². The summed E-state index contributed by atoms with van der Waals surface area (Å²) >= 11 is 0. The lowest BCUT2D eigenvalue weighted by molar-refractivity contribution is -0.151. The molecule has 0 spiro atoms. The van der Waals surface area contributed by atoms with E-state index in [0.29, 0.717) is 18.0 Å². The molecule has 1 aromatic heterocycles. The summed E-state index contributed by atoms with van der Waals surface area (Å²) in [5.41, 5.74) is 5.38. The van der Waals surface area contributed by atoms with Crippen molar-refractivity contribution in [2.24, 2.45) is 17.1 Å². The highest BCUT2D eigenvalue weighted by molar-refractivity contribution is 5.75. The van der Waals surface area contributed by atoms with Crippen LogP contribution in [0.25, 0.3) is 0 Å². The Morgan fingerprint density at radius 1 is 1.56 bits per heavy atom. The van der Waals surface area contributed by atoms with Crippen LogP contribution in [0.15, 0.2) is 18.2 Å². The van der Waals surface area contributed by atoms with Gasteiger partial charge < -0.3 is 15.6 Å². The number of carboxylic acid groups (broad SMARTS) is 1. The van der Waals surface area contributed by atoms with Crippen molar-refractivity contribution in [3.63, 3.8) is 0 Å². The van der Waals surface area contributed by atoms with E-state index < -0.39 is 11.4 Å². The van der Waals surface area contributed by atoms with Gasteiger partial charge in [-0.05, 0) is 12.0 Å². The number of ether oxygens (including phenoxy) is 1. The van der Waals surface area contributed by atoms with Gasteiger partial charge in [-0.1, -0.05) is 19.9 Å². The molecule has 3 N–H and O–H groups in total. The number of nitrogens with two attached hydrogens (primary N) is 1. The number of rotatable bonds is 6. The number of carboxylic acids is 1. The smallest absolute Gasteiger partial charge is 0.311 e. The number of hydrogen-bond donors (Lipinski definition) is 2. The van der Waals surface area contributed by atoms with Crippen molar-refractivity contribution in [2.45, 2.75) is 20.3 Å². The van der Waals surface area contributed by atoms with Crippen molar-refractivity contribution < 1.29 is 14.6 Å². The molecule has 18 heavy (non-hydrogen) atoms. The van der Waals surface area contributed by atoms with Gasteiger partial charge in [0, 0.05) is 24.7 Å². The van der Waals surface area contributed by atoms with Gasteiger partial charge in [-0.15, -0.1) is 0 Å². The second-order valence-corrected chi connectivity index (χ2v) is 4.67. The molecule has 1 aromatic rings. The van der Waals surface area contributed by atoms with Crippen molar-refractivity contribution in [3.05, 3.63) is 23.9 Å². The third-order valence-corrected chi connectivity index (χ3v) is 3.38. The summed E-state index contributed by atoms with van der Waals surface area (Å²) in [6, 6.07) is 5.31. The first-order chi connectivity index (χ1) is 8.46. The maximum absolute atomic E-state index is 11.5. The molecule has 0 saturated heterocycles. The van der Waals surface area contributed by atoms with E-state index in [4.69, 9.17) is 10.5 Å². The number of carbonyl (C=O) groups is 1. The Morgan fingerprint density at radius 3 is 2.67 bits per heavy atom. The first-order valence-electron chi connectivity index (χ1n) is 5.89. The van der Waals surface area contributed by atoms with Crippen LogP contribution in [-0.2, 0) is 11.2 Å². The molecular formula is C13H20N2O3. The zero-order valence-electron chi connectivity index (χ0n) is 11.0. The fraction of sp³-hybridized carbons (Fsp3) is 0.538. The number of nitrogens with zero attached hydrogens (tertiary/aromatic N) is 1. The number of hydrogen-bond acceptors (Lipinski definition) is 4. The summed E-state index contributed by atoms with van der Waals surface area (Å²) in [5.74, 6) is -0.481. The Hall–Kier alpha value is -1.62. The van der Waals surface area contributed by atoms with Crippen LogP contribution in [0.2, 0.25) is 0 Å². The van der Waals surface area contributed by atoms with Gasteiger partial charge in [-0.3, -0.25) is 4.79 Å². The molecule has 5 heteroatoms. The lowest BCUT2D eigenvalue weighted by Crippen LogP contribution is -2.45. The predicted octanol–water partition coefficient (Wildman–Crippen LogP) is 1.32. The van der Waals surface area contributed by atoms with Gasteiger partial charge in [0.25, 0.3) is 0 Å². The molecule has 0 aromatic carbocycles. The van der Waals surface area contributed by atoms with E-state index in [1.807, 2.05) is 13.8 Å². The van der Waals surface area contributed by atoms with Gasteiger partial charge in [-0.2, -0.15) is 0 Å². The van der Waals surface area contributed by atoms with E-state index in [2.05, 4.69) is 4.98 Å². The van der Waals surface area contributed by atoms with Gasteiger partial charge in [0.2, 0.25) is 5.88 Å². The molecule has 0 aliphatic rings. The summed E-state index contributed by atoms with van der Waals surface area (Å²) < 4.78 is 5.03. The third-order valence-electron chi connectivity index (χ3n) is 3.38. The Bertz CT molecular complexity index is 420. The monoisotopic (exact) mass is 252 g/mol. The SMILES string of the molecule is COc1cccc(CC(CN)(C(=O)O)C(C)C)n1. The molecule has 0 saturated carbocycles. The highest BCUT2D eigenvalue weighted by Crippen LogP contribution is 2.31. The lowest BCUT2D eigenvalue weighted by Gasteiger charge is -2.31. The highest BCUT2D eigenvalue weighted by Gasteiger charge is 2.41. The minimum atomic E-state index is -0.987. The van der Waals surface area contributed by atoms with Crippen molar-refractivity contribution in [3.8, 4) is 5.88 Å². The van der Waals surface area contributed by atoms with Crippen LogP contribution >= 0.6 is 0 Å². The zero-order chi connectivity index (χ0) is 13.8. The Kier molecular flexibility index (Phi) is 4.67. The normalized spacial score (nSPS) is 14.3. The van der Waals surface area contributed by atoms with Crippen LogP contribution in [0, 0.1) is 11.3 Å². The zero-order valence-corrected chi connectivity index (χ0v) is 11.0. The average molecular weight is 252 g/mol. The van der Waals surface area contributed by atoms with Crippen LogP contribution in [0.1, 0.15) is 19.5 Å². The summed E-state index contributed by atoms with van der Waals surface area (Å²) in [6.45, 7) is 3.81. The maximum Gasteiger partial charge on any atom is 0.311 e. The number of pyridine rings is 1. The largest absolute Gasteiger partial charge is 0.481 e. The summed E-state index contributed by atoms with van der Waals surface area (Å²) in [5, 5.41) is 9.44. The number of aliphatic carboxylic acids is 1. The van der Waals surface area contributed by atoms with E-state index in [1.165, 1.54) is 7.11 Å². The molecule has 1 atom stereocenters. The van der Waals surface area contributed by atoms with Gasteiger partial charge >= 0.3 is 5.97 Å². The molecule has 0 aliphatic carbocycles. The summed E-state index contributed by atoms with van der Waals surface area (Å²) in [7, 11) is 1.53. The van der Waals surface area contributed by atoms with Crippen molar-refractivity contribution in [1.29, 1.82) is 0 Å². The van der Waals surface area contributed by atoms with Crippen molar-refractivity contribution in [1.82, 2.24) is 4.98 Å². The number of methoxy groups -OCH3 is 1. The first-order valence-corrected chi connectivity index (χ1v) is 5.89. The molecule has 1 rings (SSSR count). The quantitative estimate of drug-likeness (QED) is 0.797. The average Bonchev–Trinajstić information content (AvgIpc) is 2.35. The van der Waals surface area contributed by atoms with E-state index in [0.717, 1.165) is 0 Å². The molecule has 1 unspecified atom stereocenters. The van der Waals surface area contributed by atoms with Gasteiger partial charge in [0.15, 0.2) is 0 Å². The molecule has 0 bridgehead atoms. The Balaban J connectivity index is 3.06. The van der Waals surface area contributed by atoms with E-state index in [1.54, 1.807) is 18.2 Å². The van der Waals surface area contributed by atoms with Crippen LogP contribution in [0.4, 0.5) is 0 Å². The van der Waals surface area contributed by atoms with Crippen molar-refractivity contribution >= 4 is 5.97 Å². The molecule has 5 nitrogen and oxygen atoms in total. The Labute approximate surface area is 107 Å². The van der Waals surface area contributed by atoms with E-state index in [9.17, 15) is 9.90 Å². The van der Waals surface area contributed by atoms with Crippen LogP contribution in [0.5, 0.6) is 5.88 Å². The van der Waals surface area contributed by atoms with Gasteiger partial charge in [0.05, 0.1) is 12.5 Å². The van der Waals surface area contributed by atoms with E-state index in [-0.39, 0.29) is 12.5 Å². The van der Waals surface area contributed by atoms with Crippen molar-refractivity contribution in [2.75, 3.05) is 13.7 Å². The van der Waals surface area contributed by atoms with Gasteiger partial charge in [0.1, 0.15) is 0 Å². The molecule has 0 aliphatic heterocycles. The second kappa shape index (κ2) is 5.82. The molecule has 100 valence electrons. The molecule has 1 heterocycles. The standard InChI is InChI=1S/C13H20N2O3/c1-9(2)13(8-14,12(16)17)7-10-5-4-6-11(15-10)18-3/h4-6,9H,7-8,14H2,1-3H3,(H,16,17). The minimum absolute atomic E-state index is 0.0759. The molecule has 0 radical (unpaired) electrons. The second-order valence-electron chi connectivity index (χ2n) is 4.67.